The molecule has 0 bridgehead atoms. The van der Waals surface area contributed by atoms with Gasteiger partial charge in [0.2, 0.25) is 5.95 Å². The predicted molar refractivity (Wildman–Crippen MR) is 136 cm³/mol. The number of nitrogen functional groups attached to an aromatic ring is 1. The molecular formula is C25H36N8. The molecule has 2 fully saturated rings. The van der Waals surface area contributed by atoms with Crippen LogP contribution in [0.2, 0.25) is 0 Å². The average Bonchev–Trinajstić information content (AvgIpc) is 2.83. The summed E-state index contributed by atoms with van der Waals surface area (Å²) in [5.41, 5.74) is 11.5. The number of piperazine rings is 2. The molecule has 0 radical (unpaired) electrons. The van der Waals surface area contributed by atoms with Crippen LogP contribution < -0.4 is 20.4 Å². The van der Waals surface area contributed by atoms with E-state index in [-0.39, 0.29) is 0 Å². The number of rotatable bonds is 4. The zero-order valence-corrected chi connectivity index (χ0v) is 20.0. The van der Waals surface area contributed by atoms with Gasteiger partial charge in [-0.3, -0.25) is 0 Å². The SMILES string of the molecule is C=C(C)N1CCN(c2ccc3c(c2)CN(c2cc(N4CCN(C)CC4)nc(N)n2)CC3)CC1. The lowest BCUT2D eigenvalue weighted by molar-refractivity contribution is 0.312. The van der Waals surface area contributed by atoms with Crippen molar-refractivity contribution < 1.29 is 0 Å². The van der Waals surface area contributed by atoms with Gasteiger partial charge in [0.15, 0.2) is 0 Å². The Morgan fingerprint density at radius 1 is 0.818 bits per heavy atom. The Morgan fingerprint density at radius 2 is 1.48 bits per heavy atom. The van der Waals surface area contributed by atoms with Crippen LogP contribution in [0.5, 0.6) is 0 Å². The van der Waals surface area contributed by atoms with Crippen molar-refractivity contribution in [3.63, 3.8) is 0 Å². The number of likely N-dealkylation sites (N-methyl/N-ethyl adjacent to an activating group) is 1. The first kappa shape index (κ1) is 21.8. The molecule has 0 unspecified atom stereocenters. The van der Waals surface area contributed by atoms with Crippen LogP contribution in [0.4, 0.5) is 23.3 Å². The Morgan fingerprint density at radius 3 is 2.18 bits per heavy atom. The van der Waals surface area contributed by atoms with Crippen LogP contribution in [0.15, 0.2) is 36.5 Å². The quantitative estimate of drug-likeness (QED) is 0.762. The number of allylic oxidation sites excluding steroid dienone is 1. The van der Waals surface area contributed by atoms with E-state index in [1.165, 1.54) is 16.8 Å². The van der Waals surface area contributed by atoms with Gasteiger partial charge in [-0.2, -0.15) is 9.97 Å². The van der Waals surface area contributed by atoms with E-state index in [0.717, 1.165) is 89.2 Å². The molecule has 3 aliphatic rings. The van der Waals surface area contributed by atoms with Crippen LogP contribution in [0, 0.1) is 0 Å². The second kappa shape index (κ2) is 9.09. The first-order valence-electron chi connectivity index (χ1n) is 12.1. The summed E-state index contributed by atoms with van der Waals surface area (Å²) in [5.74, 6) is 2.24. The average molecular weight is 449 g/mol. The number of aromatic nitrogens is 2. The summed E-state index contributed by atoms with van der Waals surface area (Å²) in [6, 6.07) is 9.10. The molecule has 2 saturated heterocycles. The van der Waals surface area contributed by atoms with Gasteiger partial charge in [-0.15, -0.1) is 0 Å². The lowest BCUT2D eigenvalue weighted by Gasteiger charge is -2.38. The number of nitrogens with zero attached hydrogens (tertiary/aromatic N) is 7. The molecule has 0 saturated carbocycles. The molecule has 176 valence electrons. The fraction of sp³-hybridized carbons (Fsp3) is 0.520. The van der Waals surface area contributed by atoms with Crippen molar-refractivity contribution in [2.24, 2.45) is 0 Å². The van der Waals surface area contributed by atoms with Crippen LogP contribution >= 0.6 is 0 Å². The third-order valence-corrected chi connectivity index (χ3v) is 7.25. The monoisotopic (exact) mass is 448 g/mol. The predicted octanol–water partition coefficient (Wildman–Crippen LogP) is 2.03. The summed E-state index contributed by atoms with van der Waals surface area (Å²) >= 11 is 0. The van der Waals surface area contributed by atoms with Crippen molar-refractivity contribution in [1.29, 1.82) is 0 Å². The maximum atomic E-state index is 6.15. The fourth-order valence-corrected chi connectivity index (χ4v) is 5.08. The number of hydrogen-bond donors (Lipinski definition) is 1. The summed E-state index contributed by atoms with van der Waals surface area (Å²) in [6.07, 6.45) is 1.02. The van der Waals surface area contributed by atoms with Crippen molar-refractivity contribution in [1.82, 2.24) is 19.8 Å². The van der Waals surface area contributed by atoms with Crippen LogP contribution in [0.25, 0.3) is 0 Å². The third-order valence-electron chi connectivity index (χ3n) is 7.25. The molecule has 3 aliphatic heterocycles. The topological polar surface area (TPSA) is 68.0 Å². The molecule has 0 amide bonds. The smallest absolute Gasteiger partial charge is 0.223 e. The van der Waals surface area contributed by atoms with E-state index in [1.807, 2.05) is 0 Å². The van der Waals surface area contributed by atoms with Gasteiger partial charge in [-0.25, -0.2) is 0 Å². The maximum absolute atomic E-state index is 6.15. The highest BCUT2D eigenvalue weighted by molar-refractivity contribution is 5.58. The first-order valence-corrected chi connectivity index (χ1v) is 12.1. The largest absolute Gasteiger partial charge is 0.372 e. The van der Waals surface area contributed by atoms with Gasteiger partial charge < -0.3 is 30.2 Å². The Kier molecular flexibility index (Phi) is 6.01. The van der Waals surface area contributed by atoms with Gasteiger partial charge in [-0.05, 0) is 43.7 Å². The molecular weight excluding hydrogens is 412 g/mol. The molecule has 1 aromatic heterocycles. The van der Waals surface area contributed by atoms with Crippen LogP contribution in [-0.4, -0.2) is 85.7 Å². The van der Waals surface area contributed by atoms with Crippen molar-refractivity contribution >= 4 is 23.3 Å². The number of anilines is 4. The molecule has 0 aliphatic carbocycles. The summed E-state index contributed by atoms with van der Waals surface area (Å²) in [5, 5.41) is 0. The number of benzene rings is 1. The summed E-state index contributed by atoms with van der Waals surface area (Å²) in [4.78, 5) is 21.0. The number of fused-ring (bicyclic) bond motifs is 1. The minimum atomic E-state index is 0.358. The molecule has 4 heterocycles. The van der Waals surface area contributed by atoms with Crippen LogP contribution in [-0.2, 0) is 13.0 Å². The van der Waals surface area contributed by atoms with Crippen molar-refractivity contribution in [2.75, 3.05) is 86.4 Å². The summed E-state index contributed by atoms with van der Waals surface area (Å²) in [7, 11) is 2.16. The molecule has 5 rings (SSSR count). The zero-order chi connectivity index (χ0) is 22.9. The molecule has 2 N–H and O–H groups in total. The highest BCUT2D eigenvalue weighted by Gasteiger charge is 2.23. The second-order valence-electron chi connectivity index (χ2n) is 9.57. The summed E-state index contributed by atoms with van der Waals surface area (Å²) in [6.45, 7) is 16.2. The molecule has 1 aromatic carbocycles. The van der Waals surface area contributed by atoms with E-state index in [9.17, 15) is 0 Å². The zero-order valence-electron chi connectivity index (χ0n) is 20.0. The molecule has 0 atom stereocenters. The van der Waals surface area contributed by atoms with Crippen molar-refractivity contribution in [3.8, 4) is 0 Å². The van der Waals surface area contributed by atoms with Crippen molar-refractivity contribution in [3.05, 3.63) is 47.7 Å². The second-order valence-corrected chi connectivity index (χ2v) is 9.57. The molecule has 8 nitrogen and oxygen atoms in total. The van der Waals surface area contributed by atoms with E-state index < -0.39 is 0 Å². The molecule has 2 aromatic rings. The minimum absolute atomic E-state index is 0.358. The number of nitrogens with two attached hydrogens (primary N) is 1. The van der Waals surface area contributed by atoms with Gasteiger partial charge in [-0.1, -0.05) is 12.6 Å². The van der Waals surface area contributed by atoms with E-state index >= 15 is 0 Å². The highest BCUT2D eigenvalue weighted by atomic mass is 15.3. The Balaban J connectivity index is 1.32. The Bertz CT molecular complexity index is 1010. The van der Waals surface area contributed by atoms with E-state index in [1.54, 1.807) is 0 Å². The molecule has 33 heavy (non-hydrogen) atoms. The first-order chi connectivity index (χ1) is 16.0. The molecule has 0 spiro atoms. The van der Waals surface area contributed by atoms with Gasteiger partial charge in [0.05, 0.1) is 0 Å². The third kappa shape index (κ3) is 4.71. The lowest BCUT2D eigenvalue weighted by atomic mass is 9.98. The van der Waals surface area contributed by atoms with Crippen LogP contribution in [0.1, 0.15) is 18.1 Å². The molecule has 8 heteroatoms. The van der Waals surface area contributed by atoms with Gasteiger partial charge in [0.25, 0.3) is 0 Å². The fourth-order valence-electron chi connectivity index (χ4n) is 5.08. The normalized spacial score (nSPS) is 19.6. The van der Waals surface area contributed by atoms with E-state index in [4.69, 9.17) is 5.73 Å². The van der Waals surface area contributed by atoms with Gasteiger partial charge in [0.1, 0.15) is 11.6 Å². The number of hydrogen-bond acceptors (Lipinski definition) is 8. The Hall–Kier alpha value is -3.00. The minimum Gasteiger partial charge on any atom is -0.372 e. The van der Waals surface area contributed by atoms with E-state index in [2.05, 4.69) is 79.3 Å². The summed E-state index contributed by atoms with van der Waals surface area (Å²) < 4.78 is 0. The standard InChI is InChI=1S/C25H36N8/c1-19(2)30-12-14-31(15-13-30)22-5-4-20-6-7-33(18-21(20)16-22)24-17-23(27-25(26)28-24)32-10-8-29(3)9-11-32/h4-5,16-17H,1,6-15,18H2,2-3H3,(H2,26,27,28). The highest BCUT2D eigenvalue weighted by Crippen LogP contribution is 2.29. The van der Waals surface area contributed by atoms with Crippen molar-refractivity contribution in [2.45, 2.75) is 19.9 Å². The Labute approximate surface area is 197 Å². The van der Waals surface area contributed by atoms with E-state index in [0.29, 0.717) is 5.95 Å². The van der Waals surface area contributed by atoms with Gasteiger partial charge >= 0.3 is 0 Å². The van der Waals surface area contributed by atoms with Crippen LogP contribution in [0.3, 0.4) is 0 Å². The van der Waals surface area contributed by atoms with Gasteiger partial charge in [0, 0.05) is 82.9 Å². The lowest BCUT2D eigenvalue weighted by Crippen LogP contribution is -2.45. The maximum Gasteiger partial charge on any atom is 0.223 e.